The Bertz CT molecular complexity index is 214. The van der Waals surface area contributed by atoms with Gasteiger partial charge in [-0.2, -0.15) is 0 Å². The Hall–Kier alpha value is -0.530. The van der Waals surface area contributed by atoms with Crippen molar-refractivity contribution in [1.29, 1.82) is 0 Å². The summed E-state index contributed by atoms with van der Waals surface area (Å²) >= 11 is 0. The first-order chi connectivity index (χ1) is 5.59. The summed E-state index contributed by atoms with van der Waals surface area (Å²) in [5, 5.41) is 4.21. The summed E-state index contributed by atoms with van der Waals surface area (Å²) in [6.45, 7) is 6.65. The van der Waals surface area contributed by atoms with E-state index in [0.29, 0.717) is 12.0 Å². The fourth-order valence-corrected chi connectivity index (χ4v) is 2.25. The summed E-state index contributed by atoms with van der Waals surface area (Å²) in [4.78, 5) is 5.40. The quantitative estimate of drug-likeness (QED) is 0.543. The zero-order valence-electron chi connectivity index (χ0n) is 8.13. The monoisotopic (exact) mass is 167 g/mol. The van der Waals surface area contributed by atoms with Crippen LogP contribution in [0.2, 0.25) is 0 Å². The number of fused-ring (bicyclic) bond motifs is 1. The highest BCUT2D eigenvalue weighted by Gasteiger charge is 2.42. The minimum Gasteiger partial charge on any atom is -0.392 e. The van der Waals surface area contributed by atoms with Crippen LogP contribution in [0.4, 0.5) is 0 Å². The van der Waals surface area contributed by atoms with E-state index in [1.807, 2.05) is 0 Å². The van der Waals surface area contributed by atoms with Gasteiger partial charge in [0.05, 0.1) is 5.71 Å². The molecule has 2 aliphatic rings. The first-order valence-electron chi connectivity index (χ1n) is 4.83. The summed E-state index contributed by atoms with van der Waals surface area (Å²) in [5.41, 5.74) is 1.48. The van der Waals surface area contributed by atoms with E-state index in [2.05, 4.69) is 25.9 Å². The van der Waals surface area contributed by atoms with Crippen LogP contribution in [0.3, 0.4) is 0 Å². The molecule has 2 heteroatoms. The fourth-order valence-electron chi connectivity index (χ4n) is 2.25. The normalized spacial score (nSPS) is 34.4. The average molecular weight is 167 g/mol. The van der Waals surface area contributed by atoms with Crippen LogP contribution in [-0.2, 0) is 4.84 Å². The Morgan fingerprint density at radius 1 is 1.33 bits per heavy atom. The lowest BCUT2D eigenvalue weighted by Crippen LogP contribution is -2.28. The molecule has 1 heterocycles. The maximum atomic E-state index is 5.40. The number of hydrogen-bond acceptors (Lipinski definition) is 2. The van der Waals surface area contributed by atoms with Gasteiger partial charge in [-0.05, 0) is 19.3 Å². The standard InChI is InChI=1S/C10H17NO/c1-10(2,3)9-7-5-4-6-8(7)12-11-9/h7-8H,4-6H2,1-3H3. The fraction of sp³-hybridized carbons (Fsp3) is 0.900. The Balaban J connectivity index is 2.18. The minimum absolute atomic E-state index is 0.198. The molecule has 0 aromatic carbocycles. The zero-order chi connectivity index (χ0) is 8.77. The molecule has 0 saturated heterocycles. The molecule has 2 rings (SSSR count). The maximum absolute atomic E-state index is 5.40. The average Bonchev–Trinajstić information content (AvgIpc) is 2.37. The van der Waals surface area contributed by atoms with Crippen molar-refractivity contribution in [2.24, 2.45) is 16.5 Å². The van der Waals surface area contributed by atoms with Gasteiger partial charge >= 0.3 is 0 Å². The molecule has 1 fully saturated rings. The zero-order valence-corrected chi connectivity index (χ0v) is 8.13. The molecular weight excluding hydrogens is 150 g/mol. The number of oxime groups is 1. The lowest BCUT2D eigenvalue weighted by atomic mass is 9.81. The van der Waals surface area contributed by atoms with E-state index < -0.39 is 0 Å². The summed E-state index contributed by atoms with van der Waals surface area (Å²) in [7, 11) is 0. The Morgan fingerprint density at radius 2 is 2.08 bits per heavy atom. The molecule has 0 aromatic rings. The number of hydrogen-bond donors (Lipinski definition) is 0. The third kappa shape index (κ3) is 1.13. The van der Waals surface area contributed by atoms with Crippen molar-refractivity contribution >= 4 is 5.71 Å². The molecule has 2 atom stereocenters. The van der Waals surface area contributed by atoms with Crippen LogP contribution in [0.15, 0.2) is 5.16 Å². The van der Waals surface area contributed by atoms with E-state index in [-0.39, 0.29) is 5.41 Å². The molecule has 2 unspecified atom stereocenters. The summed E-state index contributed by atoms with van der Waals surface area (Å²) < 4.78 is 0. The molecule has 0 aromatic heterocycles. The second kappa shape index (κ2) is 2.48. The first-order valence-corrected chi connectivity index (χ1v) is 4.83. The molecule has 0 bridgehead atoms. The lowest BCUT2D eigenvalue weighted by molar-refractivity contribution is 0.0746. The Kier molecular flexibility index (Phi) is 1.67. The van der Waals surface area contributed by atoms with Gasteiger partial charge in [0.2, 0.25) is 0 Å². The summed E-state index contributed by atoms with van der Waals surface area (Å²) in [6.07, 6.45) is 4.21. The SMILES string of the molecule is CC(C)(C)C1=NOC2CCCC12. The van der Waals surface area contributed by atoms with Gasteiger partial charge in [0, 0.05) is 11.3 Å². The molecule has 0 spiro atoms. The third-order valence-corrected chi connectivity index (χ3v) is 2.86. The molecule has 2 nitrogen and oxygen atoms in total. The molecular formula is C10H17NO. The van der Waals surface area contributed by atoms with Crippen molar-refractivity contribution in [2.75, 3.05) is 0 Å². The van der Waals surface area contributed by atoms with Crippen molar-refractivity contribution in [3.63, 3.8) is 0 Å². The van der Waals surface area contributed by atoms with Crippen LogP contribution in [0, 0.1) is 11.3 Å². The van der Waals surface area contributed by atoms with E-state index in [4.69, 9.17) is 4.84 Å². The van der Waals surface area contributed by atoms with E-state index in [9.17, 15) is 0 Å². The van der Waals surface area contributed by atoms with E-state index >= 15 is 0 Å². The van der Waals surface area contributed by atoms with Crippen molar-refractivity contribution in [3.8, 4) is 0 Å². The first kappa shape index (κ1) is 8.09. The number of rotatable bonds is 0. The second-order valence-corrected chi connectivity index (χ2v) is 4.91. The highest BCUT2D eigenvalue weighted by molar-refractivity contribution is 5.92. The Morgan fingerprint density at radius 3 is 2.75 bits per heavy atom. The van der Waals surface area contributed by atoms with Gasteiger partial charge in [-0.3, -0.25) is 0 Å². The number of nitrogens with zero attached hydrogens (tertiary/aromatic N) is 1. The van der Waals surface area contributed by atoms with Gasteiger partial charge in [-0.15, -0.1) is 0 Å². The van der Waals surface area contributed by atoms with Crippen LogP contribution in [0.25, 0.3) is 0 Å². The van der Waals surface area contributed by atoms with Crippen LogP contribution in [0.5, 0.6) is 0 Å². The third-order valence-electron chi connectivity index (χ3n) is 2.86. The highest BCUT2D eigenvalue weighted by Crippen LogP contribution is 2.39. The van der Waals surface area contributed by atoms with Crippen molar-refractivity contribution in [1.82, 2.24) is 0 Å². The van der Waals surface area contributed by atoms with E-state index in [1.54, 1.807) is 0 Å². The van der Waals surface area contributed by atoms with Gasteiger partial charge < -0.3 is 4.84 Å². The second-order valence-electron chi connectivity index (χ2n) is 4.91. The molecule has 0 amide bonds. The summed E-state index contributed by atoms with van der Waals surface area (Å²) in [6, 6.07) is 0. The maximum Gasteiger partial charge on any atom is 0.135 e. The van der Waals surface area contributed by atoms with Gasteiger partial charge in [-0.25, -0.2) is 0 Å². The molecule has 0 N–H and O–H groups in total. The molecule has 0 radical (unpaired) electrons. The highest BCUT2D eigenvalue weighted by atomic mass is 16.6. The predicted octanol–water partition coefficient (Wildman–Crippen LogP) is 2.59. The molecule has 12 heavy (non-hydrogen) atoms. The molecule has 1 aliphatic heterocycles. The van der Waals surface area contributed by atoms with Gasteiger partial charge in [0.15, 0.2) is 0 Å². The molecule has 1 aliphatic carbocycles. The van der Waals surface area contributed by atoms with Crippen LogP contribution < -0.4 is 0 Å². The van der Waals surface area contributed by atoms with Gasteiger partial charge in [-0.1, -0.05) is 25.9 Å². The summed E-state index contributed by atoms with van der Waals surface area (Å²) in [5.74, 6) is 0.630. The van der Waals surface area contributed by atoms with Crippen LogP contribution in [0.1, 0.15) is 40.0 Å². The van der Waals surface area contributed by atoms with Crippen molar-refractivity contribution in [2.45, 2.75) is 46.1 Å². The van der Waals surface area contributed by atoms with Crippen molar-refractivity contribution in [3.05, 3.63) is 0 Å². The van der Waals surface area contributed by atoms with E-state index in [1.165, 1.54) is 25.0 Å². The van der Waals surface area contributed by atoms with Gasteiger partial charge in [0.1, 0.15) is 6.10 Å². The topological polar surface area (TPSA) is 21.6 Å². The largest absolute Gasteiger partial charge is 0.392 e. The lowest BCUT2D eigenvalue weighted by Gasteiger charge is -2.21. The van der Waals surface area contributed by atoms with Crippen LogP contribution >= 0.6 is 0 Å². The van der Waals surface area contributed by atoms with Crippen LogP contribution in [-0.4, -0.2) is 11.8 Å². The smallest absolute Gasteiger partial charge is 0.135 e. The minimum atomic E-state index is 0.198. The molecule has 68 valence electrons. The Labute approximate surface area is 74.0 Å². The van der Waals surface area contributed by atoms with E-state index in [0.717, 1.165) is 0 Å². The predicted molar refractivity (Wildman–Crippen MR) is 49.1 cm³/mol. The van der Waals surface area contributed by atoms with Gasteiger partial charge in [0.25, 0.3) is 0 Å². The van der Waals surface area contributed by atoms with Crippen molar-refractivity contribution < 1.29 is 4.84 Å². The molecule has 1 saturated carbocycles.